The largest absolute Gasteiger partial charge is 0.396 e. The highest BCUT2D eigenvalue weighted by atomic mass is 16.3. The Morgan fingerprint density at radius 3 is 2.87 bits per heavy atom. The van der Waals surface area contributed by atoms with Crippen molar-refractivity contribution in [3.05, 3.63) is 18.7 Å². The zero-order chi connectivity index (χ0) is 11.1. The molecule has 0 bridgehead atoms. The Labute approximate surface area is 91.3 Å². The fourth-order valence-corrected chi connectivity index (χ4v) is 1.37. The molecule has 2 unspecified atom stereocenters. The molecule has 4 heteroatoms. The Morgan fingerprint density at radius 1 is 1.47 bits per heavy atom. The molecule has 0 aliphatic rings. The average Bonchev–Trinajstić information content (AvgIpc) is 2.75. The summed E-state index contributed by atoms with van der Waals surface area (Å²) in [6, 6.07) is 0.373. The van der Waals surface area contributed by atoms with Crippen molar-refractivity contribution < 1.29 is 5.11 Å². The van der Waals surface area contributed by atoms with Crippen LogP contribution in [0.2, 0.25) is 0 Å². The zero-order valence-electron chi connectivity index (χ0n) is 9.56. The molecule has 0 amide bonds. The van der Waals surface area contributed by atoms with Crippen molar-refractivity contribution in [1.29, 1.82) is 0 Å². The first-order valence-electron chi connectivity index (χ1n) is 5.54. The van der Waals surface area contributed by atoms with Crippen molar-refractivity contribution in [2.45, 2.75) is 32.9 Å². The first kappa shape index (κ1) is 12.2. The lowest BCUT2D eigenvalue weighted by Crippen LogP contribution is -2.34. The number of hydrogen-bond donors (Lipinski definition) is 2. The van der Waals surface area contributed by atoms with Crippen LogP contribution in [-0.4, -0.2) is 33.9 Å². The van der Waals surface area contributed by atoms with E-state index < -0.39 is 0 Å². The minimum atomic E-state index is 0.246. The fourth-order valence-electron chi connectivity index (χ4n) is 1.37. The standard InChI is InChI=1S/C11H21N3O/c1-10(8-15)11(2)13-4-3-6-14-7-5-12-9-14/h5,7,9-11,13,15H,3-4,6,8H2,1-2H3. The van der Waals surface area contributed by atoms with E-state index in [1.807, 2.05) is 19.4 Å². The Kier molecular flexibility index (Phi) is 5.36. The topological polar surface area (TPSA) is 50.1 Å². The predicted octanol–water partition coefficient (Wildman–Crippen LogP) is 0.880. The molecule has 0 aromatic carbocycles. The molecule has 0 radical (unpaired) electrons. The molecule has 1 rings (SSSR count). The molecule has 1 aromatic rings. The number of nitrogens with one attached hydrogen (secondary N) is 1. The van der Waals surface area contributed by atoms with Gasteiger partial charge in [0, 0.05) is 31.6 Å². The van der Waals surface area contributed by atoms with E-state index in [2.05, 4.69) is 21.8 Å². The molecule has 1 heterocycles. The molecule has 0 aliphatic carbocycles. The number of hydrogen-bond acceptors (Lipinski definition) is 3. The van der Waals surface area contributed by atoms with Crippen molar-refractivity contribution in [2.24, 2.45) is 5.92 Å². The first-order chi connectivity index (χ1) is 7.24. The summed E-state index contributed by atoms with van der Waals surface area (Å²) in [5.41, 5.74) is 0. The molecule has 86 valence electrons. The van der Waals surface area contributed by atoms with Crippen molar-refractivity contribution >= 4 is 0 Å². The minimum absolute atomic E-state index is 0.246. The van der Waals surface area contributed by atoms with Crippen LogP contribution >= 0.6 is 0 Å². The third kappa shape index (κ3) is 4.44. The Morgan fingerprint density at radius 2 is 2.27 bits per heavy atom. The molecular formula is C11H21N3O. The van der Waals surface area contributed by atoms with E-state index in [4.69, 9.17) is 5.11 Å². The fraction of sp³-hybridized carbons (Fsp3) is 0.727. The smallest absolute Gasteiger partial charge is 0.0945 e. The highest BCUT2D eigenvalue weighted by Gasteiger charge is 2.09. The number of rotatable bonds is 7. The van der Waals surface area contributed by atoms with Gasteiger partial charge in [-0.3, -0.25) is 0 Å². The van der Waals surface area contributed by atoms with E-state index in [1.54, 1.807) is 6.20 Å². The van der Waals surface area contributed by atoms with E-state index in [-0.39, 0.29) is 6.61 Å². The van der Waals surface area contributed by atoms with Gasteiger partial charge < -0.3 is 15.0 Å². The second-order valence-electron chi connectivity index (χ2n) is 4.06. The van der Waals surface area contributed by atoms with Crippen LogP contribution in [-0.2, 0) is 6.54 Å². The van der Waals surface area contributed by atoms with Gasteiger partial charge in [-0.25, -0.2) is 4.98 Å². The van der Waals surface area contributed by atoms with Crippen molar-refractivity contribution in [1.82, 2.24) is 14.9 Å². The normalized spacial score (nSPS) is 15.1. The third-order valence-electron chi connectivity index (χ3n) is 2.76. The summed E-state index contributed by atoms with van der Waals surface area (Å²) in [5.74, 6) is 0.318. The summed E-state index contributed by atoms with van der Waals surface area (Å²) in [7, 11) is 0. The van der Waals surface area contributed by atoms with Gasteiger partial charge in [-0.05, 0) is 25.8 Å². The van der Waals surface area contributed by atoms with Gasteiger partial charge >= 0.3 is 0 Å². The van der Waals surface area contributed by atoms with Gasteiger partial charge in [-0.15, -0.1) is 0 Å². The maximum atomic E-state index is 8.96. The monoisotopic (exact) mass is 211 g/mol. The van der Waals surface area contributed by atoms with Gasteiger partial charge in [-0.1, -0.05) is 6.92 Å². The average molecular weight is 211 g/mol. The minimum Gasteiger partial charge on any atom is -0.396 e. The quantitative estimate of drug-likeness (QED) is 0.658. The van der Waals surface area contributed by atoms with E-state index in [0.717, 1.165) is 19.5 Å². The lowest BCUT2D eigenvalue weighted by Gasteiger charge is -2.19. The number of aliphatic hydroxyl groups is 1. The maximum absolute atomic E-state index is 8.96. The van der Waals surface area contributed by atoms with Crippen LogP contribution in [0.3, 0.4) is 0 Å². The summed E-state index contributed by atoms with van der Waals surface area (Å²) in [4.78, 5) is 3.99. The van der Waals surface area contributed by atoms with Gasteiger partial charge in [0.1, 0.15) is 0 Å². The number of imidazole rings is 1. The molecule has 0 saturated carbocycles. The molecular weight excluding hydrogens is 190 g/mol. The van der Waals surface area contributed by atoms with Crippen LogP contribution in [0.1, 0.15) is 20.3 Å². The van der Waals surface area contributed by atoms with E-state index >= 15 is 0 Å². The van der Waals surface area contributed by atoms with Crippen molar-refractivity contribution in [2.75, 3.05) is 13.2 Å². The van der Waals surface area contributed by atoms with Crippen molar-refractivity contribution in [3.63, 3.8) is 0 Å². The number of nitrogens with zero attached hydrogens (tertiary/aromatic N) is 2. The van der Waals surface area contributed by atoms with Crippen LogP contribution in [0, 0.1) is 5.92 Å². The molecule has 0 spiro atoms. The van der Waals surface area contributed by atoms with Gasteiger partial charge in [0.15, 0.2) is 0 Å². The summed E-state index contributed by atoms with van der Waals surface area (Å²) < 4.78 is 2.07. The van der Waals surface area contributed by atoms with E-state index in [0.29, 0.717) is 12.0 Å². The molecule has 15 heavy (non-hydrogen) atoms. The Bertz CT molecular complexity index is 248. The van der Waals surface area contributed by atoms with Gasteiger partial charge in [0.05, 0.1) is 6.33 Å². The highest BCUT2D eigenvalue weighted by molar-refractivity contribution is 4.74. The highest BCUT2D eigenvalue weighted by Crippen LogP contribution is 2.00. The van der Waals surface area contributed by atoms with Gasteiger partial charge in [0.2, 0.25) is 0 Å². The third-order valence-corrected chi connectivity index (χ3v) is 2.76. The lowest BCUT2D eigenvalue weighted by molar-refractivity contribution is 0.207. The molecule has 0 fully saturated rings. The van der Waals surface area contributed by atoms with Crippen LogP contribution in [0.15, 0.2) is 18.7 Å². The van der Waals surface area contributed by atoms with Crippen LogP contribution in [0.25, 0.3) is 0 Å². The van der Waals surface area contributed by atoms with E-state index in [1.165, 1.54) is 0 Å². The Balaban J connectivity index is 2.06. The molecule has 4 nitrogen and oxygen atoms in total. The number of aryl methyl sites for hydroxylation is 1. The zero-order valence-corrected chi connectivity index (χ0v) is 9.56. The molecule has 2 atom stereocenters. The molecule has 1 aromatic heterocycles. The SMILES string of the molecule is CC(CO)C(C)NCCCn1ccnc1. The number of aliphatic hydroxyl groups excluding tert-OH is 1. The second-order valence-corrected chi connectivity index (χ2v) is 4.06. The van der Waals surface area contributed by atoms with Crippen LogP contribution < -0.4 is 5.32 Å². The Hall–Kier alpha value is -0.870. The number of aromatic nitrogens is 2. The molecule has 2 N–H and O–H groups in total. The molecule has 0 saturated heterocycles. The van der Waals surface area contributed by atoms with Crippen LogP contribution in [0.5, 0.6) is 0 Å². The van der Waals surface area contributed by atoms with Gasteiger partial charge in [0.25, 0.3) is 0 Å². The van der Waals surface area contributed by atoms with Gasteiger partial charge in [-0.2, -0.15) is 0 Å². The van der Waals surface area contributed by atoms with E-state index in [9.17, 15) is 0 Å². The maximum Gasteiger partial charge on any atom is 0.0945 e. The lowest BCUT2D eigenvalue weighted by atomic mass is 10.1. The van der Waals surface area contributed by atoms with Crippen LogP contribution in [0.4, 0.5) is 0 Å². The molecule has 0 aliphatic heterocycles. The first-order valence-corrected chi connectivity index (χ1v) is 5.54. The summed E-state index contributed by atoms with van der Waals surface area (Å²) in [6.45, 7) is 6.37. The summed E-state index contributed by atoms with van der Waals surface area (Å²) in [5, 5.41) is 12.4. The predicted molar refractivity (Wildman–Crippen MR) is 60.6 cm³/mol. The summed E-state index contributed by atoms with van der Waals surface area (Å²) >= 11 is 0. The second kappa shape index (κ2) is 6.58. The summed E-state index contributed by atoms with van der Waals surface area (Å²) in [6.07, 6.45) is 6.68. The van der Waals surface area contributed by atoms with Crippen molar-refractivity contribution in [3.8, 4) is 0 Å².